The summed E-state index contributed by atoms with van der Waals surface area (Å²) in [5, 5.41) is 0. The van der Waals surface area contributed by atoms with Crippen molar-refractivity contribution < 1.29 is 9.46 Å². The molecule has 0 amide bonds. The molecule has 1 unspecified atom stereocenters. The summed E-state index contributed by atoms with van der Waals surface area (Å²) in [5.41, 5.74) is 0. The first-order valence-corrected chi connectivity index (χ1v) is 5.36. The second-order valence-corrected chi connectivity index (χ2v) is 4.89. The van der Waals surface area contributed by atoms with Gasteiger partial charge in [0.15, 0.2) is 0 Å². The third-order valence-electron chi connectivity index (χ3n) is 0.0913. The molecular formula is O2PSi2. The fourth-order valence-corrected chi connectivity index (χ4v) is 0. The largest absolute Gasteiger partial charge is 0.610 e. The fraction of sp³-hybridized carbons (Fsp3) is 0. The van der Waals surface area contributed by atoms with Gasteiger partial charge in [0.1, 0.15) is 0 Å². The molecule has 5 heteroatoms. The lowest BCUT2D eigenvalue weighted by Crippen LogP contribution is -1.92. The first-order chi connectivity index (χ1) is 2.27. The van der Waals surface area contributed by atoms with Gasteiger partial charge in [0.2, 0.25) is 7.58 Å². The Kier molecular flexibility index (Phi) is 2.98. The van der Waals surface area contributed by atoms with Gasteiger partial charge in [-0.2, -0.15) is 0 Å². The zero-order valence-electron chi connectivity index (χ0n) is 2.26. The molecule has 5 heavy (non-hydrogen) atoms. The van der Waals surface area contributed by atoms with Crippen LogP contribution < -0.4 is 4.89 Å². The Hall–Kier alpha value is 0.494. The maximum absolute atomic E-state index is 9.37. The van der Waals surface area contributed by atoms with Gasteiger partial charge in [-0.25, -0.2) is 0 Å². The molecule has 5 radical (unpaired) electrons. The topological polar surface area (TPSA) is 40.1 Å². The zero-order valence-corrected chi connectivity index (χ0v) is 5.16. The van der Waals surface area contributed by atoms with Gasteiger partial charge in [-0.05, 0) is 0 Å². The van der Waals surface area contributed by atoms with Crippen molar-refractivity contribution in [2.45, 2.75) is 0 Å². The second-order valence-electron chi connectivity index (χ2n) is 0.369. The van der Waals surface area contributed by atoms with E-state index in [2.05, 4.69) is 9.76 Å². The van der Waals surface area contributed by atoms with E-state index in [0.29, 0.717) is 0 Å². The van der Waals surface area contributed by atoms with Crippen molar-refractivity contribution in [3.8, 4) is 0 Å². The van der Waals surface area contributed by atoms with E-state index in [4.69, 9.17) is 0 Å². The lowest BCUT2D eigenvalue weighted by atomic mass is 15.9. The summed E-state index contributed by atoms with van der Waals surface area (Å²) in [6, 6.07) is 0. The average molecular weight is 119 g/mol. The van der Waals surface area contributed by atoms with E-state index >= 15 is 0 Å². The highest BCUT2D eigenvalue weighted by Gasteiger charge is 1.91. The van der Waals surface area contributed by atoms with Gasteiger partial charge in [0.25, 0.3) is 0 Å². The van der Waals surface area contributed by atoms with Crippen LogP contribution in [-0.2, 0) is 4.57 Å². The molecule has 0 aromatic heterocycles. The Balaban J connectivity index is 2.85. The highest BCUT2D eigenvalue weighted by molar-refractivity contribution is 7.78. The Morgan fingerprint density at radius 3 is 2.20 bits per heavy atom. The third kappa shape index (κ3) is 4.49. The van der Waals surface area contributed by atoms with Crippen LogP contribution >= 0.6 is 7.58 Å². The van der Waals surface area contributed by atoms with Gasteiger partial charge >= 0.3 is 8.70 Å². The Bertz CT molecular complexity index is 42.9. The predicted molar refractivity (Wildman–Crippen MR) is 19.1 cm³/mol. The molecule has 0 aliphatic rings. The maximum Gasteiger partial charge on any atom is 0.384 e. The van der Waals surface area contributed by atoms with Crippen molar-refractivity contribution in [3.05, 3.63) is 0 Å². The summed E-state index contributed by atoms with van der Waals surface area (Å²) >= 11 is 0. The third-order valence-corrected chi connectivity index (χ3v) is 2.46. The van der Waals surface area contributed by atoms with Gasteiger partial charge in [-0.15, -0.1) is 0 Å². The lowest BCUT2D eigenvalue weighted by Gasteiger charge is -1.68. The Morgan fingerprint density at radius 1 is 2.00 bits per heavy atom. The molecule has 25 valence electrons. The van der Waals surface area contributed by atoms with Crippen LogP contribution in [-0.4, -0.2) is 18.5 Å². The van der Waals surface area contributed by atoms with E-state index in [0.717, 1.165) is 0 Å². The first-order valence-electron chi connectivity index (χ1n) is 0.839. The molecule has 0 spiro atoms. The SMILES string of the molecule is O=[P+]([O-])[Si][Si]. The van der Waals surface area contributed by atoms with Crippen LogP contribution in [0.4, 0.5) is 0 Å². The van der Waals surface area contributed by atoms with E-state index in [1.807, 2.05) is 0 Å². The molecule has 0 N–H and O–H groups in total. The van der Waals surface area contributed by atoms with Crippen molar-refractivity contribution in [2.24, 2.45) is 0 Å². The summed E-state index contributed by atoms with van der Waals surface area (Å²) in [4.78, 5) is 9.37. The summed E-state index contributed by atoms with van der Waals surface area (Å²) in [7, 11) is 0.503. The molecule has 0 heterocycles. The molecule has 0 aromatic carbocycles. The molecule has 0 aliphatic carbocycles. The monoisotopic (exact) mass is 119 g/mol. The minimum atomic E-state index is -2.16. The van der Waals surface area contributed by atoms with Crippen LogP contribution in [0.25, 0.3) is 0 Å². The predicted octanol–water partition coefficient (Wildman–Crippen LogP) is -1.21. The van der Waals surface area contributed by atoms with Crippen molar-refractivity contribution in [1.82, 2.24) is 0 Å². The quantitative estimate of drug-likeness (QED) is 0.321. The Labute approximate surface area is 36.3 Å². The van der Waals surface area contributed by atoms with Crippen molar-refractivity contribution in [3.63, 3.8) is 0 Å². The molecular weight excluding hydrogens is 119 g/mol. The van der Waals surface area contributed by atoms with Gasteiger partial charge in [0, 0.05) is 0 Å². The van der Waals surface area contributed by atoms with Gasteiger partial charge in [-0.1, -0.05) is 4.57 Å². The normalized spacial score (nSPS) is 11.2. The van der Waals surface area contributed by atoms with E-state index in [9.17, 15) is 9.46 Å². The number of hydrogen-bond acceptors (Lipinski definition) is 2. The van der Waals surface area contributed by atoms with Crippen LogP contribution in [0.3, 0.4) is 0 Å². The molecule has 0 aliphatic heterocycles. The van der Waals surface area contributed by atoms with Gasteiger partial charge < -0.3 is 4.89 Å². The van der Waals surface area contributed by atoms with E-state index < -0.39 is 7.58 Å². The van der Waals surface area contributed by atoms with E-state index in [1.165, 1.54) is 0 Å². The molecule has 0 rings (SSSR count). The molecule has 0 fully saturated rings. The van der Waals surface area contributed by atoms with E-state index in [1.54, 1.807) is 0 Å². The molecule has 0 aromatic rings. The van der Waals surface area contributed by atoms with Crippen LogP contribution in [0.5, 0.6) is 0 Å². The van der Waals surface area contributed by atoms with Crippen molar-refractivity contribution >= 4 is 26.0 Å². The van der Waals surface area contributed by atoms with Gasteiger partial charge in [0.05, 0.1) is 9.76 Å². The maximum atomic E-state index is 9.37. The standard InChI is InChI=1S/O2PSi2/c1-3(2)5-4. The molecule has 0 bridgehead atoms. The molecule has 0 saturated carbocycles. The highest BCUT2D eigenvalue weighted by Crippen LogP contribution is 1.95. The smallest absolute Gasteiger partial charge is 0.384 e. The second kappa shape index (κ2) is 2.72. The summed E-state index contributed by atoms with van der Waals surface area (Å²) in [6.45, 7) is 0. The highest BCUT2D eigenvalue weighted by atomic mass is 31.4. The van der Waals surface area contributed by atoms with Crippen LogP contribution in [0.2, 0.25) is 0 Å². The molecule has 1 atom stereocenters. The Morgan fingerprint density at radius 2 is 2.20 bits per heavy atom. The average Bonchev–Trinajstić information content (AvgIpc) is 1.38. The van der Waals surface area contributed by atoms with Crippen molar-refractivity contribution in [2.75, 3.05) is 0 Å². The van der Waals surface area contributed by atoms with Gasteiger partial charge in [-0.3, -0.25) is 0 Å². The summed E-state index contributed by atoms with van der Waals surface area (Å²) in [6.07, 6.45) is 0. The molecule has 0 saturated heterocycles. The lowest BCUT2D eigenvalue weighted by molar-refractivity contribution is -0.158. The number of hydrogen-bond donors (Lipinski definition) is 0. The molecule has 2 nitrogen and oxygen atoms in total. The summed E-state index contributed by atoms with van der Waals surface area (Å²) < 4.78 is 9.37. The van der Waals surface area contributed by atoms with Crippen LogP contribution in [0.15, 0.2) is 0 Å². The zero-order chi connectivity index (χ0) is 4.28. The number of rotatable bonds is 1. The van der Waals surface area contributed by atoms with Crippen LogP contribution in [0.1, 0.15) is 0 Å². The minimum Gasteiger partial charge on any atom is -0.610 e. The summed E-state index contributed by atoms with van der Waals surface area (Å²) in [5.74, 6) is 0. The van der Waals surface area contributed by atoms with Crippen LogP contribution in [0, 0.1) is 0 Å². The van der Waals surface area contributed by atoms with E-state index in [-0.39, 0.29) is 8.70 Å². The van der Waals surface area contributed by atoms with Crippen molar-refractivity contribution in [1.29, 1.82) is 0 Å². The first kappa shape index (κ1) is 5.49. The minimum absolute atomic E-state index is 0.127. The fourth-order valence-electron chi connectivity index (χ4n) is 0.